The second kappa shape index (κ2) is 11.2. The number of anilines is 1. The van der Waals surface area contributed by atoms with E-state index in [0.717, 1.165) is 62.2 Å². The number of rotatable bonds is 7. The highest BCUT2D eigenvalue weighted by Gasteiger charge is 2.30. The number of alkyl halides is 3. The lowest BCUT2D eigenvalue weighted by atomic mass is 10.1. The van der Waals surface area contributed by atoms with E-state index in [4.69, 9.17) is 4.74 Å². The van der Waals surface area contributed by atoms with Crippen molar-refractivity contribution in [3.63, 3.8) is 0 Å². The van der Waals surface area contributed by atoms with Crippen molar-refractivity contribution in [2.75, 3.05) is 31.1 Å². The molecular formula is C27H29F3N4O2S. The summed E-state index contributed by atoms with van der Waals surface area (Å²) >= 11 is 1.61. The number of ether oxygens (including phenoxy) is 1. The van der Waals surface area contributed by atoms with E-state index < -0.39 is 11.7 Å². The topological polar surface area (TPSA) is 50.6 Å². The van der Waals surface area contributed by atoms with Crippen LogP contribution in [-0.2, 0) is 11.9 Å². The molecule has 2 aromatic carbocycles. The summed E-state index contributed by atoms with van der Waals surface area (Å²) in [7, 11) is 0. The molecule has 0 N–H and O–H groups in total. The average Bonchev–Trinajstić information content (AvgIpc) is 3.42. The number of halogens is 3. The smallest absolute Gasteiger partial charge is 0.416 e. The van der Waals surface area contributed by atoms with Crippen LogP contribution in [-0.4, -0.2) is 46.4 Å². The van der Waals surface area contributed by atoms with Crippen LogP contribution in [0.5, 0.6) is 5.75 Å². The maximum Gasteiger partial charge on any atom is 0.416 e. The molecule has 1 aliphatic carbocycles. The molecule has 6 nitrogen and oxygen atoms in total. The standard InChI is InChI=1S/C27H29F3N4O2S/c28-27(29,30)21-12-10-20(11-13-21)19-37-33-16-14-32(15-17-33)24-18-31-34(22-6-2-1-3-7-22)26(35)25(24)36-23-8-4-5-9-23/h1-3,6-7,10-13,18,23H,4-5,8-9,14-17,19H2. The van der Waals surface area contributed by atoms with Crippen molar-refractivity contribution in [3.8, 4) is 11.4 Å². The van der Waals surface area contributed by atoms with Gasteiger partial charge in [-0.3, -0.25) is 4.79 Å². The van der Waals surface area contributed by atoms with Gasteiger partial charge in [0.25, 0.3) is 0 Å². The van der Waals surface area contributed by atoms with Crippen LogP contribution in [0.4, 0.5) is 18.9 Å². The van der Waals surface area contributed by atoms with Crippen LogP contribution in [0.1, 0.15) is 36.8 Å². The summed E-state index contributed by atoms with van der Waals surface area (Å²) in [5.74, 6) is 0.958. The third-order valence-electron chi connectivity index (χ3n) is 6.78. The number of benzene rings is 2. The lowest BCUT2D eigenvalue weighted by Gasteiger charge is -2.36. The van der Waals surface area contributed by atoms with Gasteiger partial charge in [0.15, 0.2) is 0 Å². The number of aromatic nitrogens is 2. The third-order valence-corrected chi connectivity index (χ3v) is 7.97. The van der Waals surface area contributed by atoms with E-state index in [2.05, 4.69) is 14.3 Å². The summed E-state index contributed by atoms with van der Waals surface area (Å²) in [6, 6.07) is 14.7. The Morgan fingerprint density at radius 1 is 0.946 bits per heavy atom. The fraction of sp³-hybridized carbons (Fsp3) is 0.407. The summed E-state index contributed by atoms with van der Waals surface area (Å²) in [6.07, 6.45) is 1.54. The number of piperazine rings is 1. The molecule has 2 fully saturated rings. The lowest BCUT2D eigenvalue weighted by Crippen LogP contribution is -2.44. The molecular weight excluding hydrogens is 501 g/mol. The van der Waals surface area contributed by atoms with E-state index in [1.54, 1.807) is 18.1 Å². The summed E-state index contributed by atoms with van der Waals surface area (Å²) in [4.78, 5) is 15.6. The van der Waals surface area contributed by atoms with Gasteiger partial charge in [-0.25, -0.2) is 4.31 Å². The fourth-order valence-corrected chi connectivity index (χ4v) is 5.65. The molecule has 10 heteroatoms. The van der Waals surface area contributed by atoms with Gasteiger partial charge in [0, 0.05) is 31.9 Å². The Kier molecular flexibility index (Phi) is 7.76. The van der Waals surface area contributed by atoms with Gasteiger partial charge in [0.05, 0.1) is 23.6 Å². The molecule has 1 aliphatic heterocycles. The second-order valence-corrected chi connectivity index (χ2v) is 10.4. The van der Waals surface area contributed by atoms with Crippen LogP contribution >= 0.6 is 11.9 Å². The molecule has 2 heterocycles. The Morgan fingerprint density at radius 3 is 2.27 bits per heavy atom. The van der Waals surface area contributed by atoms with Crippen molar-refractivity contribution in [1.82, 2.24) is 14.1 Å². The van der Waals surface area contributed by atoms with Gasteiger partial charge in [-0.05, 0) is 55.5 Å². The molecule has 1 saturated heterocycles. The Bertz CT molecular complexity index is 1240. The zero-order chi connectivity index (χ0) is 25.8. The minimum Gasteiger partial charge on any atom is -0.483 e. The zero-order valence-corrected chi connectivity index (χ0v) is 21.2. The average molecular weight is 531 g/mol. The molecule has 2 aliphatic rings. The first-order chi connectivity index (χ1) is 17.9. The Hall–Kier alpha value is -2.98. The number of nitrogens with zero attached hydrogens (tertiary/aromatic N) is 4. The minimum absolute atomic E-state index is 0.0404. The van der Waals surface area contributed by atoms with E-state index in [0.29, 0.717) is 30.3 Å². The van der Waals surface area contributed by atoms with Crippen LogP contribution in [0.15, 0.2) is 65.6 Å². The predicted octanol–water partition coefficient (Wildman–Crippen LogP) is 5.54. The van der Waals surface area contributed by atoms with Crippen molar-refractivity contribution in [3.05, 3.63) is 82.3 Å². The Balaban J connectivity index is 1.26. The fourth-order valence-electron chi connectivity index (χ4n) is 4.71. The number of hydrogen-bond donors (Lipinski definition) is 0. The van der Waals surface area contributed by atoms with Crippen LogP contribution in [0.2, 0.25) is 0 Å². The summed E-state index contributed by atoms with van der Waals surface area (Å²) in [6.45, 7) is 2.88. The minimum atomic E-state index is -4.32. The van der Waals surface area contributed by atoms with Crippen molar-refractivity contribution in [2.45, 2.75) is 43.7 Å². The first kappa shape index (κ1) is 25.7. The van der Waals surface area contributed by atoms with Gasteiger partial charge in [0.1, 0.15) is 5.69 Å². The van der Waals surface area contributed by atoms with Crippen molar-refractivity contribution in [1.29, 1.82) is 0 Å². The molecule has 1 saturated carbocycles. The summed E-state index contributed by atoms with van der Waals surface area (Å²) in [5.41, 5.74) is 1.38. The highest BCUT2D eigenvalue weighted by Crippen LogP contribution is 2.32. The monoisotopic (exact) mass is 530 g/mol. The normalized spacial score (nSPS) is 17.3. The van der Waals surface area contributed by atoms with Gasteiger partial charge in [-0.15, -0.1) is 0 Å². The highest BCUT2D eigenvalue weighted by molar-refractivity contribution is 7.96. The molecule has 1 aromatic heterocycles. The van der Waals surface area contributed by atoms with Crippen molar-refractivity contribution >= 4 is 17.6 Å². The van der Waals surface area contributed by atoms with Crippen molar-refractivity contribution < 1.29 is 17.9 Å². The van der Waals surface area contributed by atoms with Crippen LogP contribution in [0.25, 0.3) is 5.69 Å². The van der Waals surface area contributed by atoms with Gasteiger partial charge < -0.3 is 9.64 Å². The summed E-state index contributed by atoms with van der Waals surface area (Å²) in [5, 5.41) is 4.46. The van der Waals surface area contributed by atoms with E-state index in [9.17, 15) is 18.0 Å². The van der Waals surface area contributed by atoms with Crippen LogP contribution in [0.3, 0.4) is 0 Å². The molecule has 0 unspecified atom stereocenters. The number of hydrogen-bond acceptors (Lipinski definition) is 6. The quantitative estimate of drug-likeness (QED) is 0.374. The first-order valence-corrected chi connectivity index (χ1v) is 13.5. The maximum absolute atomic E-state index is 13.5. The molecule has 0 atom stereocenters. The van der Waals surface area contributed by atoms with Gasteiger partial charge in [-0.2, -0.15) is 23.0 Å². The van der Waals surface area contributed by atoms with Crippen LogP contribution < -0.4 is 15.2 Å². The van der Waals surface area contributed by atoms with E-state index in [-0.39, 0.29) is 11.7 Å². The van der Waals surface area contributed by atoms with E-state index in [1.807, 2.05) is 30.3 Å². The van der Waals surface area contributed by atoms with Gasteiger partial charge in [0.2, 0.25) is 5.75 Å². The number of para-hydroxylation sites is 1. The molecule has 3 aromatic rings. The van der Waals surface area contributed by atoms with Gasteiger partial charge >= 0.3 is 11.7 Å². The van der Waals surface area contributed by atoms with E-state index in [1.165, 1.54) is 16.8 Å². The molecule has 196 valence electrons. The Labute approximate surface area is 218 Å². The molecule has 0 bridgehead atoms. The first-order valence-electron chi connectivity index (χ1n) is 12.5. The second-order valence-electron chi connectivity index (χ2n) is 9.32. The zero-order valence-electron chi connectivity index (χ0n) is 20.4. The van der Waals surface area contributed by atoms with Crippen LogP contribution in [0, 0.1) is 0 Å². The molecule has 37 heavy (non-hydrogen) atoms. The SMILES string of the molecule is O=c1c(OC2CCCC2)c(N2CCN(SCc3ccc(C(F)(F)F)cc3)CC2)cnn1-c1ccccc1. The Morgan fingerprint density at radius 2 is 1.62 bits per heavy atom. The third kappa shape index (κ3) is 6.13. The molecule has 0 amide bonds. The summed E-state index contributed by atoms with van der Waals surface area (Å²) < 4.78 is 48.3. The molecule has 0 radical (unpaired) electrons. The molecule has 5 rings (SSSR count). The van der Waals surface area contributed by atoms with Gasteiger partial charge in [-0.1, -0.05) is 42.3 Å². The largest absolute Gasteiger partial charge is 0.483 e. The highest BCUT2D eigenvalue weighted by atomic mass is 32.2. The predicted molar refractivity (Wildman–Crippen MR) is 139 cm³/mol. The lowest BCUT2D eigenvalue weighted by molar-refractivity contribution is -0.137. The maximum atomic E-state index is 13.5. The van der Waals surface area contributed by atoms with Crippen molar-refractivity contribution in [2.24, 2.45) is 0 Å². The molecule has 0 spiro atoms. The van der Waals surface area contributed by atoms with E-state index >= 15 is 0 Å².